The Balaban J connectivity index is 1.26. The highest BCUT2D eigenvalue weighted by Gasteiger charge is 2.22. The van der Waals surface area contributed by atoms with Gasteiger partial charge in [-0.2, -0.15) is 0 Å². The van der Waals surface area contributed by atoms with E-state index in [4.69, 9.17) is 17.3 Å². The first-order valence-corrected chi connectivity index (χ1v) is 11.9. The minimum absolute atomic E-state index is 0.00139. The maximum absolute atomic E-state index is 13.0. The molecule has 4 aromatic rings. The standard InChI is InChI=1S/C25H26BN7O4/c1-15-5-6-16(26)13-18(15)29-23(34)21-22(28-14-27-21)24(35)32-25-30-17-3-2-4-19(20(17)31-25)37-12-9-33-7-10-36-11-8-33/h2-6,13-14H,7-12H2,1H3,(H,27,28)(H,29,34)(H2,30,31,32,35). The Hall–Kier alpha value is -4.16. The smallest absolute Gasteiger partial charge is 0.276 e. The van der Waals surface area contributed by atoms with Crippen molar-refractivity contribution >= 4 is 47.8 Å². The molecule has 11 nitrogen and oxygen atoms in total. The van der Waals surface area contributed by atoms with E-state index in [1.807, 2.05) is 25.1 Å². The molecular weight excluding hydrogens is 473 g/mol. The Kier molecular flexibility index (Phi) is 7.19. The number of amides is 2. The SMILES string of the molecule is [B]c1ccc(C)c(NC(=O)c2nc[nH]c2C(=O)Nc2nc3c(OCCN4CCOCC4)cccc3[nH]2)c1. The summed E-state index contributed by atoms with van der Waals surface area (Å²) in [5, 5.41) is 5.45. The Labute approximate surface area is 214 Å². The zero-order chi connectivity index (χ0) is 25.8. The summed E-state index contributed by atoms with van der Waals surface area (Å²) < 4.78 is 11.4. The van der Waals surface area contributed by atoms with Crippen LogP contribution in [0.4, 0.5) is 11.6 Å². The molecule has 1 fully saturated rings. The van der Waals surface area contributed by atoms with E-state index in [1.165, 1.54) is 6.33 Å². The first kappa shape index (κ1) is 24.5. The molecule has 0 spiro atoms. The fraction of sp³-hybridized carbons (Fsp3) is 0.280. The number of aryl methyl sites for hydroxylation is 1. The van der Waals surface area contributed by atoms with E-state index in [0.29, 0.717) is 34.5 Å². The molecule has 2 amide bonds. The number of hydrogen-bond acceptors (Lipinski definition) is 7. The van der Waals surface area contributed by atoms with Gasteiger partial charge in [0.05, 0.1) is 25.1 Å². The van der Waals surface area contributed by atoms with Gasteiger partial charge in [-0.3, -0.25) is 19.8 Å². The van der Waals surface area contributed by atoms with Crippen LogP contribution < -0.4 is 20.8 Å². The fourth-order valence-electron chi connectivity index (χ4n) is 4.06. The van der Waals surface area contributed by atoms with Crippen LogP contribution in [-0.2, 0) is 4.74 Å². The van der Waals surface area contributed by atoms with Crippen molar-refractivity contribution in [3.63, 3.8) is 0 Å². The maximum atomic E-state index is 13.0. The molecule has 1 aliphatic heterocycles. The van der Waals surface area contributed by atoms with E-state index >= 15 is 0 Å². The Morgan fingerprint density at radius 2 is 2.00 bits per heavy atom. The molecule has 188 valence electrons. The van der Waals surface area contributed by atoms with Crippen molar-refractivity contribution in [2.24, 2.45) is 0 Å². The summed E-state index contributed by atoms with van der Waals surface area (Å²) >= 11 is 0. The maximum Gasteiger partial charge on any atom is 0.276 e. The molecule has 2 aromatic heterocycles. The summed E-state index contributed by atoms with van der Waals surface area (Å²) in [6, 6.07) is 10.7. The van der Waals surface area contributed by atoms with E-state index in [1.54, 1.807) is 18.2 Å². The second-order valence-corrected chi connectivity index (χ2v) is 8.65. The molecule has 0 unspecified atom stereocenters. The summed E-state index contributed by atoms with van der Waals surface area (Å²) in [5.74, 6) is -0.278. The number of benzene rings is 2. The second-order valence-electron chi connectivity index (χ2n) is 8.65. The molecule has 4 N–H and O–H groups in total. The number of aromatic amines is 2. The second kappa shape index (κ2) is 10.8. The fourth-order valence-corrected chi connectivity index (χ4v) is 4.06. The molecule has 5 rings (SSSR count). The van der Waals surface area contributed by atoms with Crippen LogP contribution in [0.15, 0.2) is 42.7 Å². The summed E-state index contributed by atoms with van der Waals surface area (Å²) in [4.78, 5) is 42.5. The number of ether oxygens (including phenoxy) is 2. The number of aromatic nitrogens is 4. The van der Waals surface area contributed by atoms with Gasteiger partial charge in [-0.1, -0.05) is 23.7 Å². The van der Waals surface area contributed by atoms with Gasteiger partial charge in [-0.25, -0.2) is 9.97 Å². The number of imidazole rings is 2. The van der Waals surface area contributed by atoms with Crippen LogP contribution in [0.2, 0.25) is 0 Å². The molecule has 0 aliphatic carbocycles. The lowest BCUT2D eigenvalue weighted by Crippen LogP contribution is -2.38. The summed E-state index contributed by atoms with van der Waals surface area (Å²) in [6.45, 7) is 6.38. The largest absolute Gasteiger partial charge is 0.490 e. The molecule has 0 saturated carbocycles. The number of para-hydroxylation sites is 1. The zero-order valence-electron chi connectivity index (χ0n) is 20.3. The van der Waals surface area contributed by atoms with E-state index in [-0.39, 0.29) is 17.3 Å². The van der Waals surface area contributed by atoms with Crippen molar-refractivity contribution < 1.29 is 19.1 Å². The molecule has 37 heavy (non-hydrogen) atoms. The molecule has 2 radical (unpaired) electrons. The summed E-state index contributed by atoms with van der Waals surface area (Å²) in [6.07, 6.45) is 1.29. The van der Waals surface area contributed by atoms with Crippen molar-refractivity contribution in [1.82, 2.24) is 24.8 Å². The number of anilines is 2. The Morgan fingerprint density at radius 1 is 1.16 bits per heavy atom. The van der Waals surface area contributed by atoms with E-state index in [0.717, 1.165) is 38.4 Å². The molecule has 1 saturated heterocycles. The predicted molar refractivity (Wildman–Crippen MR) is 140 cm³/mol. The van der Waals surface area contributed by atoms with Crippen LogP contribution in [0.1, 0.15) is 26.5 Å². The highest BCUT2D eigenvalue weighted by molar-refractivity contribution is 6.32. The molecule has 3 heterocycles. The van der Waals surface area contributed by atoms with Gasteiger partial charge in [0, 0.05) is 25.3 Å². The normalized spacial score (nSPS) is 14.0. The minimum Gasteiger partial charge on any atom is -0.490 e. The third-order valence-electron chi connectivity index (χ3n) is 6.07. The minimum atomic E-state index is -0.569. The summed E-state index contributed by atoms with van der Waals surface area (Å²) in [7, 11) is 5.83. The number of hydrogen-bond donors (Lipinski definition) is 4. The Morgan fingerprint density at radius 3 is 2.84 bits per heavy atom. The molecule has 0 atom stereocenters. The van der Waals surface area contributed by atoms with Crippen LogP contribution in [0.25, 0.3) is 11.0 Å². The number of H-pyrrole nitrogens is 2. The van der Waals surface area contributed by atoms with Crippen LogP contribution in [0.5, 0.6) is 5.75 Å². The van der Waals surface area contributed by atoms with E-state index in [9.17, 15) is 9.59 Å². The average molecular weight is 499 g/mol. The number of carbonyl (C=O) groups is 2. The number of nitrogens with one attached hydrogen (secondary N) is 4. The van der Waals surface area contributed by atoms with E-state index in [2.05, 4.69) is 35.5 Å². The van der Waals surface area contributed by atoms with Crippen molar-refractivity contribution in [1.29, 1.82) is 0 Å². The Bertz CT molecular complexity index is 1430. The topological polar surface area (TPSA) is 137 Å². The van der Waals surface area contributed by atoms with Crippen LogP contribution >= 0.6 is 0 Å². The van der Waals surface area contributed by atoms with Gasteiger partial charge >= 0.3 is 0 Å². The highest BCUT2D eigenvalue weighted by atomic mass is 16.5. The van der Waals surface area contributed by atoms with Crippen LogP contribution in [-0.4, -0.2) is 84.0 Å². The predicted octanol–water partition coefficient (Wildman–Crippen LogP) is 1.60. The molecule has 0 bridgehead atoms. The molecule has 1 aliphatic rings. The van der Waals surface area contributed by atoms with Crippen molar-refractivity contribution in [2.45, 2.75) is 6.92 Å². The van der Waals surface area contributed by atoms with Crippen LogP contribution in [0, 0.1) is 6.92 Å². The lowest BCUT2D eigenvalue weighted by Gasteiger charge is -2.26. The first-order chi connectivity index (χ1) is 18.0. The van der Waals surface area contributed by atoms with Gasteiger partial charge in [0.25, 0.3) is 11.8 Å². The number of nitrogens with zero attached hydrogens (tertiary/aromatic N) is 3. The number of carbonyl (C=O) groups excluding carboxylic acids is 2. The van der Waals surface area contributed by atoms with Crippen molar-refractivity contribution in [3.8, 4) is 5.75 Å². The zero-order valence-corrected chi connectivity index (χ0v) is 20.3. The lowest BCUT2D eigenvalue weighted by atomic mass is 9.94. The number of rotatable bonds is 8. The molecule has 2 aromatic carbocycles. The molecular formula is C25H26BN7O4. The highest BCUT2D eigenvalue weighted by Crippen LogP contribution is 2.25. The van der Waals surface area contributed by atoms with Gasteiger partial charge in [0.1, 0.15) is 31.4 Å². The quantitative estimate of drug-likeness (QED) is 0.270. The van der Waals surface area contributed by atoms with Gasteiger partial charge < -0.3 is 24.8 Å². The third-order valence-corrected chi connectivity index (χ3v) is 6.07. The number of fused-ring (bicyclic) bond motifs is 1. The van der Waals surface area contributed by atoms with Crippen molar-refractivity contribution in [3.05, 3.63) is 59.7 Å². The van der Waals surface area contributed by atoms with Gasteiger partial charge in [0.2, 0.25) is 5.95 Å². The van der Waals surface area contributed by atoms with Crippen molar-refractivity contribution in [2.75, 3.05) is 50.1 Å². The number of morpholine rings is 1. The van der Waals surface area contributed by atoms with Gasteiger partial charge in [-0.15, -0.1) is 0 Å². The van der Waals surface area contributed by atoms with E-state index < -0.39 is 11.8 Å². The monoisotopic (exact) mass is 499 g/mol. The van der Waals surface area contributed by atoms with Gasteiger partial charge in [-0.05, 0) is 30.7 Å². The third kappa shape index (κ3) is 5.65. The lowest BCUT2D eigenvalue weighted by molar-refractivity contribution is 0.0323. The van der Waals surface area contributed by atoms with Crippen LogP contribution in [0.3, 0.4) is 0 Å². The average Bonchev–Trinajstić information content (AvgIpc) is 3.54. The first-order valence-electron chi connectivity index (χ1n) is 11.9. The summed E-state index contributed by atoms with van der Waals surface area (Å²) in [5.41, 5.74) is 3.13. The van der Waals surface area contributed by atoms with Gasteiger partial charge in [0.15, 0.2) is 5.69 Å². The molecule has 12 heteroatoms.